The molecule has 2 rings (SSSR count). The molecule has 0 saturated carbocycles. The molecule has 5 nitrogen and oxygen atoms in total. The quantitative estimate of drug-likeness (QED) is 0.854. The maximum Gasteiger partial charge on any atom is 0.410 e. The van der Waals surface area contributed by atoms with E-state index in [2.05, 4.69) is 0 Å². The Morgan fingerprint density at radius 1 is 1.26 bits per heavy atom. The highest BCUT2D eigenvalue weighted by Crippen LogP contribution is 2.16. The van der Waals surface area contributed by atoms with Crippen LogP contribution in [0.3, 0.4) is 0 Å². The predicted octanol–water partition coefficient (Wildman–Crippen LogP) is 3.23. The molecule has 128 valence electrons. The number of carbonyl (C=O) groups excluding carboxylic acids is 1. The van der Waals surface area contributed by atoms with E-state index in [1.54, 1.807) is 4.90 Å². The minimum absolute atomic E-state index is 0.0263. The Balaban J connectivity index is 1.81. The average Bonchev–Trinajstić information content (AvgIpc) is 2.46. The van der Waals surface area contributed by atoms with E-state index < -0.39 is 5.60 Å². The number of hydrogen-bond acceptors (Lipinski definition) is 4. The molecule has 0 aliphatic carbocycles. The van der Waals surface area contributed by atoms with E-state index in [0.717, 1.165) is 5.56 Å². The SMILES string of the molecule is C[C@H]1CN(C(=O)OC(C)(C)C)C[C@H](COCc2ccccc2)O1. The maximum atomic E-state index is 12.2. The van der Waals surface area contributed by atoms with Gasteiger partial charge in [0.25, 0.3) is 0 Å². The fourth-order valence-electron chi connectivity index (χ4n) is 2.50. The lowest BCUT2D eigenvalue weighted by molar-refractivity contribution is -0.108. The Kier molecular flexibility index (Phi) is 6.02. The molecule has 0 aromatic heterocycles. The Morgan fingerprint density at radius 3 is 2.61 bits per heavy atom. The van der Waals surface area contributed by atoms with Gasteiger partial charge in [-0.3, -0.25) is 0 Å². The van der Waals surface area contributed by atoms with Crippen molar-refractivity contribution in [1.29, 1.82) is 0 Å². The predicted molar refractivity (Wildman–Crippen MR) is 88.2 cm³/mol. The highest BCUT2D eigenvalue weighted by atomic mass is 16.6. The molecule has 1 fully saturated rings. The topological polar surface area (TPSA) is 48.0 Å². The molecule has 23 heavy (non-hydrogen) atoms. The van der Waals surface area contributed by atoms with Crippen molar-refractivity contribution in [1.82, 2.24) is 4.90 Å². The first-order valence-corrected chi connectivity index (χ1v) is 8.08. The molecule has 0 unspecified atom stereocenters. The molecule has 0 bridgehead atoms. The van der Waals surface area contributed by atoms with Crippen molar-refractivity contribution in [2.24, 2.45) is 0 Å². The minimum atomic E-state index is -0.488. The fourth-order valence-corrected chi connectivity index (χ4v) is 2.50. The number of nitrogens with zero attached hydrogens (tertiary/aromatic N) is 1. The van der Waals surface area contributed by atoms with Gasteiger partial charge in [0.15, 0.2) is 0 Å². The molecule has 1 aliphatic heterocycles. The second-order valence-corrected chi connectivity index (χ2v) is 6.95. The van der Waals surface area contributed by atoms with Gasteiger partial charge in [0.05, 0.1) is 38.5 Å². The summed E-state index contributed by atoms with van der Waals surface area (Å²) < 4.78 is 17.0. The number of carbonyl (C=O) groups is 1. The highest BCUT2D eigenvalue weighted by molar-refractivity contribution is 5.68. The third-order valence-electron chi connectivity index (χ3n) is 3.39. The summed E-state index contributed by atoms with van der Waals surface area (Å²) in [5.41, 5.74) is 0.637. The summed E-state index contributed by atoms with van der Waals surface area (Å²) in [6, 6.07) is 10.0. The molecule has 1 aliphatic rings. The number of ether oxygens (including phenoxy) is 3. The first-order valence-electron chi connectivity index (χ1n) is 8.08. The summed E-state index contributed by atoms with van der Waals surface area (Å²) >= 11 is 0. The third kappa shape index (κ3) is 6.20. The van der Waals surface area contributed by atoms with Crippen LogP contribution in [0.4, 0.5) is 4.79 Å². The standard InChI is InChI=1S/C18H27NO4/c1-14-10-19(17(20)23-18(2,3)4)11-16(22-14)13-21-12-15-8-6-5-7-9-15/h5-9,14,16H,10-13H2,1-4H3/t14-,16+/m0/s1. The van der Waals surface area contributed by atoms with Crippen LogP contribution in [-0.2, 0) is 20.8 Å². The van der Waals surface area contributed by atoms with Crippen LogP contribution in [0.2, 0.25) is 0 Å². The van der Waals surface area contributed by atoms with E-state index >= 15 is 0 Å². The second-order valence-electron chi connectivity index (χ2n) is 6.95. The zero-order valence-corrected chi connectivity index (χ0v) is 14.5. The minimum Gasteiger partial charge on any atom is -0.444 e. The normalized spacial score (nSPS) is 22.0. The van der Waals surface area contributed by atoms with Crippen LogP contribution in [0.1, 0.15) is 33.3 Å². The Morgan fingerprint density at radius 2 is 1.96 bits per heavy atom. The lowest BCUT2D eigenvalue weighted by Gasteiger charge is -2.37. The molecule has 0 radical (unpaired) electrons. The van der Waals surface area contributed by atoms with E-state index in [4.69, 9.17) is 14.2 Å². The molecule has 0 N–H and O–H groups in total. The maximum absolute atomic E-state index is 12.2. The van der Waals surface area contributed by atoms with Crippen molar-refractivity contribution in [3.63, 3.8) is 0 Å². The van der Waals surface area contributed by atoms with Crippen LogP contribution in [0.25, 0.3) is 0 Å². The summed E-state index contributed by atoms with van der Waals surface area (Å²) in [4.78, 5) is 13.9. The van der Waals surface area contributed by atoms with Gasteiger partial charge in [-0.15, -0.1) is 0 Å². The number of benzene rings is 1. The average molecular weight is 321 g/mol. The summed E-state index contributed by atoms with van der Waals surface area (Å²) in [5.74, 6) is 0. The molecule has 1 aromatic carbocycles. The lowest BCUT2D eigenvalue weighted by atomic mass is 10.2. The molecular formula is C18H27NO4. The number of rotatable bonds is 4. The third-order valence-corrected chi connectivity index (χ3v) is 3.39. The largest absolute Gasteiger partial charge is 0.444 e. The van der Waals surface area contributed by atoms with Gasteiger partial charge in [-0.2, -0.15) is 0 Å². The number of morpholine rings is 1. The van der Waals surface area contributed by atoms with Crippen molar-refractivity contribution in [3.8, 4) is 0 Å². The van der Waals surface area contributed by atoms with Gasteiger partial charge in [0.2, 0.25) is 0 Å². The molecular weight excluding hydrogens is 294 g/mol. The van der Waals surface area contributed by atoms with E-state index in [1.165, 1.54) is 0 Å². The number of hydrogen-bond donors (Lipinski definition) is 0. The van der Waals surface area contributed by atoms with Crippen molar-refractivity contribution in [3.05, 3.63) is 35.9 Å². The van der Waals surface area contributed by atoms with Crippen LogP contribution in [-0.4, -0.2) is 48.5 Å². The van der Waals surface area contributed by atoms with Crippen LogP contribution >= 0.6 is 0 Å². The van der Waals surface area contributed by atoms with Gasteiger partial charge >= 0.3 is 6.09 Å². The van der Waals surface area contributed by atoms with E-state index in [1.807, 2.05) is 58.0 Å². The van der Waals surface area contributed by atoms with Crippen molar-refractivity contribution >= 4 is 6.09 Å². The van der Waals surface area contributed by atoms with Crippen molar-refractivity contribution < 1.29 is 19.0 Å². The Labute approximate surface area is 138 Å². The first kappa shape index (κ1) is 17.8. The van der Waals surface area contributed by atoms with Crippen LogP contribution < -0.4 is 0 Å². The smallest absolute Gasteiger partial charge is 0.410 e. The van der Waals surface area contributed by atoms with Gasteiger partial charge in [-0.1, -0.05) is 30.3 Å². The zero-order chi connectivity index (χ0) is 16.9. The molecule has 1 heterocycles. The Bertz CT molecular complexity index is 497. The van der Waals surface area contributed by atoms with Gasteiger partial charge in [0, 0.05) is 0 Å². The molecule has 1 aromatic rings. The van der Waals surface area contributed by atoms with Gasteiger partial charge in [-0.25, -0.2) is 4.79 Å². The zero-order valence-electron chi connectivity index (χ0n) is 14.5. The molecule has 1 amide bonds. The van der Waals surface area contributed by atoms with Crippen LogP contribution in [0, 0.1) is 0 Å². The van der Waals surface area contributed by atoms with Crippen LogP contribution in [0.15, 0.2) is 30.3 Å². The highest BCUT2D eigenvalue weighted by Gasteiger charge is 2.31. The van der Waals surface area contributed by atoms with Crippen molar-refractivity contribution in [2.75, 3.05) is 19.7 Å². The van der Waals surface area contributed by atoms with E-state index in [-0.39, 0.29) is 18.3 Å². The molecule has 5 heteroatoms. The fraction of sp³-hybridized carbons (Fsp3) is 0.611. The van der Waals surface area contributed by atoms with Crippen molar-refractivity contribution in [2.45, 2.75) is 52.1 Å². The molecule has 0 spiro atoms. The lowest BCUT2D eigenvalue weighted by Crippen LogP contribution is -2.51. The second kappa shape index (κ2) is 7.79. The monoisotopic (exact) mass is 321 g/mol. The summed E-state index contributed by atoms with van der Waals surface area (Å²) in [6.45, 7) is 9.61. The van der Waals surface area contributed by atoms with Gasteiger partial charge in [0.1, 0.15) is 5.60 Å². The summed E-state index contributed by atoms with van der Waals surface area (Å²) in [7, 11) is 0. The van der Waals surface area contributed by atoms with Gasteiger partial charge in [-0.05, 0) is 33.3 Å². The Hall–Kier alpha value is -1.59. The van der Waals surface area contributed by atoms with Crippen LogP contribution in [0.5, 0.6) is 0 Å². The van der Waals surface area contributed by atoms with E-state index in [9.17, 15) is 4.79 Å². The number of amides is 1. The van der Waals surface area contributed by atoms with Gasteiger partial charge < -0.3 is 19.1 Å². The summed E-state index contributed by atoms with van der Waals surface area (Å²) in [5, 5.41) is 0. The summed E-state index contributed by atoms with van der Waals surface area (Å²) in [6.07, 6.45) is -0.447. The van der Waals surface area contributed by atoms with E-state index in [0.29, 0.717) is 26.3 Å². The molecule has 2 atom stereocenters. The first-order chi connectivity index (χ1) is 10.8. The molecule has 1 saturated heterocycles.